The van der Waals surface area contributed by atoms with Gasteiger partial charge < -0.3 is 13.7 Å². The summed E-state index contributed by atoms with van der Waals surface area (Å²) in [5, 5.41) is 4.04. The average Bonchev–Trinajstić information content (AvgIpc) is 3.19. The van der Waals surface area contributed by atoms with E-state index in [1.807, 2.05) is 13.0 Å². The van der Waals surface area contributed by atoms with Crippen LogP contribution >= 0.6 is 0 Å². The van der Waals surface area contributed by atoms with E-state index in [-0.39, 0.29) is 5.97 Å². The van der Waals surface area contributed by atoms with Gasteiger partial charge in [0, 0.05) is 38.8 Å². The van der Waals surface area contributed by atoms with Gasteiger partial charge >= 0.3 is 5.97 Å². The van der Waals surface area contributed by atoms with Crippen molar-refractivity contribution in [3.63, 3.8) is 0 Å². The lowest BCUT2D eigenvalue weighted by atomic mass is 10.2. The number of aromatic nitrogens is 1. The summed E-state index contributed by atoms with van der Waals surface area (Å²) < 4.78 is 15.7. The van der Waals surface area contributed by atoms with Gasteiger partial charge in [0.25, 0.3) is 0 Å². The highest BCUT2D eigenvalue weighted by molar-refractivity contribution is 5.90. The van der Waals surface area contributed by atoms with Crippen molar-refractivity contribution in [1.82, 2.24) is 15.0 Å². The van der Waals surface area contributed by atoms with Crippen molar-refractivity contribution >= 4 is 5.97 Å². The quantitative estimate of drug-likeness (QED) is 0.749. The Labute approximate surface area is 141 Å². The SMILES string of the molecule is CCOC(=O)c1ccoc1CN1CCN(Cc2cc(C)on2)CC1. The van der Waals surface area contributed by atoms with Crippen LogP contribution in [0.15, 0.2) is 27.3 Å². The second-order valence-electron chi connectivity index (χ2n) is 5.96. The highest BCUT2D eigenvalue weighted by atomic mass is 16.5. The van der Waals surface area contributed by atoms with Gasteiger partial charge in [-0.25, -0.2) is 4.79 Å². The van der Waals surface area contributed by atoms with Crippen molar-refractivity contribution in [3.05, 3.63) is 41.2 Å². The van der Waals surface area contributed by atoms with Gasteiger partial charge in [-0.3, -0.25) is 9.80 Å². The number of hydrogen-bond acceptors (Lipinski definition) is 7. The highest BCUT2D eigenvalue weighted by Gasteiger charge is 2.22. The first-order chi connectivity index (χ1) is 11.7. The average molecular weight is 333 g/mol. The molecule has 1 aliphatic rings. The largest absolute Gasteiger partial charge is 0.467 e. The van der Waals surface area contributed by atoms with Gasteiger partial charge in [-0.1, -0.05) is 5.16 Å². The molecule has 3 heterocycles. The first kappa shape index (κ1) is 16.7. The molecule has 1 saturated heterocycles. The predicted octanol–water partition coefficient (Wildman–Crippen LogP) is 2.07. The normalized spacial score (nSPS) is 16.4. The molecular weight excluding hydrogens is 310 g/mol. The van der Waals surface area contributed by atoms with Gasteiger partial charge in [-0.15, -0.1) is 0 Å². The smallest absolute Gasteiger partial charge is 0.341 e. The summed E-state index contributed by atoms with van der Waals surface area (Å²) in [6.45, 7) is 9.22. The zero-order valence-corrected chi connectivity index (χ0v) is 14.2. The number of nitrogens with zero attached hydrogens (tertiary/aromatic N) is 3. The molecule has 24 heavy (non-hydrogen) atoms. The lowest BCUT2D eigenvalue weighted by Gasteiger charge is -2.33. The lowest BCUT2D eigenvalue weighted by molar-refractivity contribution is 0.0520. The maximum Gasteiger partial charge on any atom is 0.341 e. The molecule has 0 amide bonds. The molecule has 0 radical (unpaired) electrons. The van der Waals surface area contributed by atoms with E-state index in [1.165, 1.54) is 0 Å². The van der Waals surface area contributed by atoms with E-state index in [4.69, 9.17) is 13.7 Å². The summed E-state index contributed by atoms with van der Waals surface area (Å²) in [7, 11) is 0. The molecular formula is C17H23N3O4. The van der Waals surface area contributed by atoms with E-state index in [9.17, 15) is 4.79 Å². The van der Waals surface area contributed by atoms with Crippen LogP contribution in [0.4, 0.5) is 0 Å². The molecule has 0 atom stereocenters. The third-order valence-corrected chi connectivity index (χ3v) is 4.14. The highest BCUT2D eigenvalue weighted by Crippen LogP contribution is 2.17. The van der Waals surface area contributed by atoms with E-state index in [0.717, 1.165) is 44.2 Å². The number of esters is 1. The molecule has 0 unspecified atom stereocenters. The molecule has 1 aliphatic heterocycles. The standard InChI is InChI=1S/C17H23N3O4/c1-3-22-17(21)15-4-9-23-16(15)12-20-7-5-19(6-8-20)11-14-10-13(2)24-18-14/h4,9-10H,3,5-8,11-12H2,1-2H3. The van der Waals surface area contributed by atoms with E-state index in [0.29, 0.717) is 24.5 Å². The number of carbonyl (C=O) groups excluding carboxylic acids is 1. The topological polar surface area (TPSA) is 72.0 Å². The summed E-state index contributed by atoms with van der Waals surface area (Å²) in [5.41, 5.74) is 1.49. The van der Waals surface area contributed by atoms with E-state index in [1.54, 1.807) is 19.3 Å². The Bertz CT molecular complexity index is 671. The molecule has 0 aliphatic carbocycles. The number of carbonyl (C=O) groups is 1. The number of rotatable bonds is 6. The van der Waals surface area contributed by atoms with Crippen molar-refractivity contribution in [2.45, 2.75) is 26.9 Å². The Morgan fingerprint density at radius 2 is 1.96 bits per heavy atom. The fourth-order valence-corrected chi connectivity index (χ4v) is 2.88. The molecule has 0 spiro atoms. The maximum absolute atomic E-state index is 11.9. The molecule has 2 aromatic rings. The molecule has 7 heteroatoms. The number of aryl methyl sites for hydroxylation is 1. The van der Waals surface area contributed by atoms with Crippen molar-refractivity contribution in [2.75, 3.05) is 32.8 Å². The fraction of sp³-hybridized carbons (Fsp3) is 0.529. The molecule has 0 aromatic carbocycles. The maximum atomic E-state index is 11.9. The van der Waals surface area contributed by atoms with Gasteiger partial charge in [-0.05, 0) is 19.9 Å². The number of ether oxygens (including phenoxy) is 1. The van der Waals surface area contributed by atoms with Crippen LogP contribution in [0.5, 0.6) is 0 Å². The van der Waals surface area contributed by atoms with Crippen LogP contribution in [0.1, 0.15) is 34.5 Å². The second kappa shape index (κ2) is 7.63. The minimum absolute atomic E-state index is 0.318. The Morgan fingerprint density at radius 1 is 1.25 bits per heavy atom. The Kier molecular flexibility index (Phi) is 5.32. The first-order valence-electron chi connectivity index (χ1n) is 8.26. The number of furan rings is 1. The van der Waals surface area contributed by atoms with Crippen LogP contribution < -0.4 is 0 Å². The first-order valence-corrected chi connectivity index (χ1v) is 8.26. The van der Waals surface area contributed by atoms with Gasteiger partial charge in [0.1, 0.15) is 17.1 Å². The Hall–Kier alpha value is -2.12. The molecule has 130 valence electrons. The van der Waals surface area contributed by atoms with Crippen molar-refractivity contribution in [3.8, 4) is 0 Å². The Morgan fingerprint density at radius 3 is 2.58 bits per heavy atom. The third-order valence-electron chi connectivity index (χ3n) is 4.14. The van der Waals surface area contributed by atoms with E-state index in [2.05, 4.69) is 15.0 Å². The van der Waals surface area contributed by atoms with Crippen LogP contribution in [-0.2, 0) is 17.8 Å². The fourth-order valence-electron chi connectivity index (χ4n) is 2.88. The number of hydrogen-bond donors (Lipinski definition) is 0. The van der Waals surface area contributed by atoms with Gasteiger partial charge in [0.15, 0.2) is 0 Å². The van der Waals surface area contributed by atoms with Crippen LogP contribution in [0, 0.1) is 6.92 Å². The molecule has 1 fully saturated rings. The molecule has 7 nitrogen and oxygen atoms in total. The summed E-state index contributed by atoms with van der Waals surface area (Å²) in [4.78, 5) is 16.5. The number of piperazine rings is 1. The summed E-state index contributed by atoms with van der Waals surface area (Å²) in [5.74, 6) is 1.20. The van der Waals surface area contributed by atoms with E-state index >= 15 is 0 Å². The predicted molar refractivity (Wildman–Crippen MR) is 86.5 cm³/mol. The summed E-state index contributed by atoms with van der Waals surface area (Å²) in [6, 6.07) is 3.65. The van der Waals surface area contributed by atoms with Crippen LogP contribution in [0.3, 0.4) is 0 Å². The molecule has 2 aromatic heterocycles. The third kappa shape index (κ3) is 4.04. The molecule has 0 N–H and O–H groups in total. The van der Waals surface area contributed by atoms with Crippen LogP contribution in [-0.4, -0.2) is 53.7 Å². The minimum atomic E-state index is -0.318. The second-order valence-corrected chi connectivity index (χ2v) is 5.96. The monoisotopic (exact) mass is 333 g/mol. The van der Waals surface area contributed by atoms with Crippen molar-refractivity contribution in [1.29, 1.82) is 0 Å². The van der Waals surface area contributed by atoms with Gasteiger partial charge in [0.2, 0.25) is 0 Å². The minimum Gasteiger partial charge on any atom is -0.467 e. The molecule has 3 rings (SSSR count). The zero-order valence-electron chi connectivity index (χ0n) is 14.2. The Balaban J connectivity index is 1.51. The van der Waals surface area contributed by atoms with Gasteiger partial charge in [0.05, 0.1) is 25.1 Å². The van der Waals surface area contributed by atoms with Crippen LogP contribution in [0.2, 0.25) is 0 Å². The lowest BCUT2D eigenvalue weighted by Crippen LogP contribution is -2.45. The van der Waals surface area contributed by atoms with E-state index < -0.39 is 0 Å². The van der Waals surface area contributed by atoms with Crippen molar-refractivity contribution in [2.24, 2.45) is 0 Å². The summed E-state index contributed by atoms with van der Waals surface area (Å²) >= 11 is 0. The summed E-state index contributed by atoms with van der Waals surface area (Å²) in [6.07, 6.45) is 1.55. The molecule has 0 saturated carbocycles. The van der Waals surface area contributed by atoms with Crippen molar-refractivity contribution < 1.29 is 18.5 Å². The van der Waals surface area contributed by atoms with Gasteiger partial charge in [-0.2, -0.15) is 0 Å². The van der Waals surface area contributed by atoms with Crippen LogP contribution in [0.25, 0.3) is 0 Å². The zero-order chi connectivity index (χ0) is 16.9. The molecule has 0 bridgehead atoms.